The highest BCUT2D eigenvalue weighted by atomic mass is 19.1. The lowest BCUT2D eigenvalue weighted by molar-refractivity contribution is -0.385. The maximum absolute atomic E-state index is 12.9. The van der Waals surface area contributed by atoms with Gasteiger partial charge in [-0.15, -0.1) is 0 Å². The maximum Gasteiger partial charge on any atom is 0.320 e. The molecule has 0 amide bonds. The third kappa shape index (κ3) is 2.74. The van der Waals surface area contributed by atoms with Gasteiger partial charge in [0.25, 0.3) is 5.69 Å². The number of rotatable bonds is 4. The van der Waals surface area contributed by atoms with Crippen LogP contribution >= 0.6 is 0 Å². The Morgan fingerprint density at radius 3 is 2.75 bits per heavy atom. The summed E-state index contributed by atoms with van der Waals surface area (Å²) in [6.07, 6.45) is -0.288. The standard InChI is InChI=1S/C9H9FN2O4/c10-6-1-2-8(12(15)16)5(3-6)4-7(11)9(13)14/h1-3,7H,4,11H2,(H,13,14). The summed E-state index contributed by atoms with van der Waals surface area (Å²) in [6.45, 7) is 0. The minimum absolute atomic E-state index is 0.0279. The van der Waals surface area contributed by atoms with Gasteiger partial charge in [0, 0.05) is 18.1 Å². The van der Waals surface area contributed by atoms with Gasteiger partial charge in [0.1, 0.15) is 11.9 Å². The predicted molar refractivity (Wildman–Crippen MR) is 52.4 cm³/mol. The number of nitro groups is 1. The zero-order valence-corrected chi connectivity index (χ0v) is 8.09. The molecule has 0 fully saturated rings. The molecule has 7 heteroatoms. The van der Waals surface area contributed by atoms with Crippen molar-refractivity contribution in [3.8, 4) is 0 Å². The molecule has 1 unspecified atom stereocenters. The van der Waals surface area contributed by atoms with E-state index in [1.54, 1.807) is 0 Å². The molecule has 0 bridgehead atoms. The Bertz CT molecular complexity index is 436. The molecular formula is C9H9FN2O4. The van der Waals surface area contributed by atoms with Crippen LogP contribution in [0.5, 0.6) is 0 Å². The van der Waals surface area contributed by atoms with Crippen LogP contribution in [0.2, 0.25) is 0 Å². The van der Waals surface area contributed by atoms with Crippen LogP contribution in [0.25, 0.3) is 0 Å². The molecule has 1 aromatic rings. The maximum atomic E-state index is 12.9. The van der Waals surface area contributed by atoms with Gasteiger partial charge in [0.05, 0.1) is 4.92 Å². The summed E-state index contributed by atoms with van der Waals surface area (Å²) in [4.78, 5) is 20.4. The smallest absolute Gasteiger partial charge is 0.320 e. The Balaban J connectivity index is 3.05. The van der Waals surface area contributed by atoms with E-state index in [9.17, 15) is 19.3 Å². The van der Waals surface area contributed by atoms with Crippen LogP contribution < -0.4 is 5.73 Å². The lowest BCUT2D eigenvalue weighted by Crippen LogP contribution is -2.32. The van der Waals surface area contributed by atoms with Crippen molar-refractivity contribution in [1.29, 1.82) is 0 Å². The van der Waals surface area contributed by atoms with Crippen molar-refractivity contribution in [3.63, 3.8) is 0 Å². The van der Waals surface area contributed by atoms with E-state index in [1.165, 1.54) is 0 Å². The number of nitrogens with two attached hydrogens (primary N) is 1. The van der Waals surface area contributed by atoms with Crippen LogP contribution in [0.1, 0.15) is 5.56 Å². The van der Waals surface area contributed by atoms with E-state index in [2.05, 4.69) is 0 Å². The Morgan fingerprint density at radius 1 is 1.62 bits per heavy atom. The highest BCUT2D eigenvalue weighted by molar-refractivity contribution is 5.73. The van der Waals surface area contributed by atoms with Crippen molar-refractivity contribution < 1.29 is 19.2 Å². The van der Waals surface area contributed by atoms with Crippen molar-refractivity contribution in [2.75, 3.05) is 0 Å². The molecule has 16 heavy (non-hydrogen) atoms. The van der Waals surface area contributed by atoms with Gasteiger partial charge < -0.3 is 10.8 Å². The van der Waals surface area contributed by atoms with E-state index < -0.39 is 22.8 Å². The normalized spacial score (nSPS) is 12.1. The minimum atomic E-state index is -1.29. The second kappa shape index (κ2) is 4.67. The quantitative estimate of drug-likeness (QED) is 0.582. The number of hydrogen-bond donors (Lipinski definition) is 2. The molecule has 0 spiro atoms. The average molecular weight is 228 g/mol. The number of carboxylic acids is 1. The zero-order chi connectivity index (χ0) is 12.3. The minimum Gasteiger partial charge on any atom is -0.480 e. The number of nitro benzene ring substituents is 1. The first kappa shape index (κ1) is 12.1. The number of nitrogens with zero attached hydrogens (tertiary/aromatic N) is 1. The summed E-state index contributed by atoms with van der Waals surface area (Å²) < 4.78 is 12.9. The Morgan fingerprint density at radius 2 is 2.25 bits per heavy atom. The molecule has 0 saturated heterocycles. The van der Waals surface area contributed by atoms with Gasteiger partial charge in [-0.1, -0.05) is 0 Å². The fourth-order valence-corrected chi connectivity index (χ4v) is 1.22. The molecule has 0 heterocycles. The SMILES string of the molecule is NC(Cc1cc(F)ccc1[N+](=O)[O-])C(=O)O. The number of halogens is 1. The fourth-order valence-electron chi connectivity index (χ4n) is 1.22. The molecule has 0 aliphatic rings. The number of carbonyl (C=O) groups is 1. The third-order valence-electron chi connectivity index (χ3n) is 2.00. The summed E-state index contributed by atoms with van der Waals surface area (Å²) in [6, 6.07) is 1.55. The molecule has 0 saturated carbocycles. The lowest BCUT2D eigenvalue weighted by Gasteiger charge is -2.06. The molecule has 1 rings (SSSR count). The lowest BCUT2D eigenvalue weighted by atomic mass is 10.0. The Kier molecular flexibility index (Phi) is 3.51. The van der Waals surface area contributed by atoms with E-state index in [0.717, 1.165) is 18.2 Å². The van der Waals surface area contributed by atoms with Gasteiger partial charge in [-0.05, 0) is 12.1 Å². The highest BCUT2D eigenvalue weighted by Crippen LogP contribution is 2.20. The predicted octanol–water partition coefficient (Wildman–Crippen LogP) is 0.688. The monoisotopic (exact) mass is 228 g/mol. The van der Waals surface area contributed by atoms with E-state index in [1.807, 2.05) is 0 Å². The van der Waals surface area contributed by atoms with Crippen LogP contribution in [0, 0.1) is 15.9 Å². The van der Waals surface area contributed by atoms with Crippen molar-refractivity contribution in [1.82, 2.24) is 0 Å². The third-order valence-corrected chi connectivity index (χ3v) is 2.00. The first-order valence-electron chi connectivity index (χ1n) is 4.33. The molecule has 86 valence electrons. The topological polar surface area (TPSA) is 106 Å². The van der Waals surface area contributed by atoms with E-state index in [-0.39, 0.29) is 17.7 Å². The van der Waals surface area contributed by atoms with Crippen molar-refractivity contribution in [3.05, 3.63) is 39.7 Å². The molecule has 0 aliphatic heterocycles. The van der Waals surface area contributed by atoms with Crippen LogP contribution in [0.3, 0.4) is 0 Å². The van der Waals surface area contributed by atoms with Gasteiger partial charge in [0.2, 0.25) is 0 Å². The van der Waals surface area contributed by atoms with Crippen molar-refractivity contribution in [2.24, 2.45) is 5.73 Å². The summed E-state index contributed by atoms with van der Waals surface area (Å²) in [5, 5.41) is 19.1. The van der Waals surface area contributed by atoms with Crippen molar-refractivity contribution >= 4 is 11.7 Å². The molecule has 0 aromatic heterocycles. The number of carboxylic acid groups (broad SMARTS) is 1. The largest absolute Gasteiger partial charge is 0.480 e. The molecule has 0 aliphatic carbocycles. The zero-order valence-electron chi connectivity index (χ0n) is 8.09. The summed E-state index contributed by atoms with van der Waals surface area (Å²) in [7, 11) is 0. The van der Waals surface area contributed by atoms with Gasteiger partial charge in [-0.3, -0.25) is 14.9 Å². The first-order valence-corrected chi connectivity index (χ1v) is 4.33. The molecule has 3 N–H and O–H groups in total. The van der Waals surface area contributed by atoms with Gasteiger partial charge >= 0.3 is 5.97 Å². The van der Waals surface area contributed by atoms with Gasteiger partial charge in [-0.2, -0.15) is 0 Å². The van der Waals surface area contributed by atoms with Crippen LogP contribution in [0.4, 0.5) is 10.1 Å². The van der Waals surface area contributed by atoms with Gasteiger partial charge in [-0.25, -0.2) is 4.39 Å². The summed E-state index contributed by atoms with van der Waals surface area (Å²) in [5.74, 6) is -1.96. The first-order chi connectivity index (χ1) is 7.41. The summed E-state index contributed by atoms with van der Waals surface area (Å²) in [5.41, 5.74) is 4.86. The second-order valence-corrected chi connectivity index (χ2v) is 3.18. The van der Waals surface area contributed by atoms with Gasteiger partial charge in [0.15, 0.2) is 0 Å². The highest BCUT2D eigenvalue weighted by Gasteiger charge is 2.20. The average Bonchev–Trinajstić information content (AvgIpc) is 2.16. The number of benzene rings is 1. The molecular weight excluding hydrogens is 219 g/mol. The molecule has 0 radical (unpaired) electrons. The molecule has 1 aromatic carbocycles. The number of aliphatic carboxylic acids is 1. The van der Waals surface area contributed by atoms with Crippen LogP contribution in [0.15, 0.2) is 18.2 Å². The van der Waals surface area contributed by atoms with Crippen LogP contribution in [-0.2, 0) is 11.2 Å². The second-order valence-electron chi connectivity index (χ2n) is 3.18. The van der Waals surface area contributed by atoms with E-state index in [0.29, 0.717) is 0 Å². The Hall–Kier alpha value is -2.02. The molecule has 6 nitrogen and oxygen atoms in total. The Labute approximate surface area is 89.6 Å². The summed E-state index contributed by atoms with van der Waals surface area (Å²) >= 11 is 0. The van der Waals surface area contributed by atoms with E-state index >= 15 is 0 Å². The fraction of sp³-hybridized carbons (Fsp3) is 0.222. The van der Waals surface area contributed by atoms with Crippen LogP contribution in [-0.4, -0.2) is 22.0 Å². The van der Waals surface area contributed by atoms with E-state index in [4.69, 9.17) is 10.8 Å². The van der Waals surface area contributed by atoms with Crippen molar-refractivity contribution in [2.45, 2.75) is 12.5 Å². The number of hydrogen-bond acceptors (Lipinski definition) is 4. The molecule has 1 atom stereocenters.